The summed E-state index contributed by atoms with van der Waals surface area (Å²) in [5, 5.41) is 8.68. The van der Waals surface area contributed by atoms with Crippen molar-refractivity contribution < 1.29 is 18.7 Å². The Balaban J connectivity index is 2.22. The average molecular weight is 276 g/mol. The Labute approximate surface area is 113 Å². The molecule has 4 nitrogen and oxygen atoms in total. The maximum absolute atomic E-state index is 10.9. The van der Waals surface area contributed by atoms with E-state index in [0.29, 0.717) is 4.90 Å². The van der Waals surface area contributed by atoms with Gasteiger partial charge in [0, 0.05) is 0 Å². The summed E-state index contributed by atoms with van der Waals surface area (Å²) in [5.74, 6) is -0.859. The van der Waals surface area contributed by atoms with Crippen molar-refractivity contribution in [2.45, 2.75) is 11.3 Å². The van der Waals surface area contributed by atoms with Crippen LogP contribution in [0.15, 0.2) is 53.4 Å². The van der Waals surface area contributed by atoms with Crippen molar-refractivity contribution in [1.29, 1.82) is 0 Å². The van der Waals surface area contributed by atoms with E-state index >= 15 is 0 Å². The Morgan fingerprint density at radius 3 is 1.84 bits per heavy atom. The molecule has 0 amide bonds. The van der Waals surface area contributed by atoms with Gasteiger partial charge < -0.3 is 9.66 Å². The lowest BCUT2D eigenvalue weighted by atomic mass is 10.0. The van der Waals surface area contributed by atoms with Gasteiger partial charge in [0.1, 0.15) is 0 Å². The van der Waals surface area contributed by atoms with Crippen LogP contribution < -0.4 is 0 Å². The van der Waals surface area contributed by atoms with Gasteiger partial charge in [-0.1, -0.05) is 36.4 Å². The van der Waals surface area contributed by atoms with E-state index in [1.165, 1.54) is 0 Å². The van der Waals surface area contributed by atoms with E-state index in [1.807, 2.05) is 12.1 Å². The van der Waals surface area contributed by atoms with Crippen LogP contribution in [0.5, 0.6) is 0 Å². The first-order valence-corrected chi connectivity index (χ1v) is 6.69. The van der Waals surface area contributed by atoms with E-state index in [0.717, 1.165) is 16.7 Å². The highest BCUT2D eigenvalue weighted by Crippen LogP contribution is 2.21. The lowest BCUT2D eigenvalue weighted by molar-refractivity contribution is -0.136. The van der Waals surface area contributed by atoms with Crippen LogP contribution in [-0.2, 0) is 22.3 Å². The lowest BCUT2D eigenvalue weighted by Crippen LogP contribution is -1.99. The molecule has 0 fully saturated rings. The minimum atomic E-state index is -1.97. The van der Waals surface area contributed by atoms with Gasteiger partial charge in [0.05, 0.1) is 11.3 Å². The van der Waals surface area contributed by atoms with Gasteiger partial charge in [0.15, 0.2) is 11.1 Å². The van der Waals surface area contributed by atoms with Crippen LogP contribution in [-0.4, -0.2) is 19.8 Å². The number of hydrogen-bond donors (Lipinski definition) is 2. The van der Waals surface area contributed by atoms with Gasteiger partial charge in [-0.05, 0) is 28.8 Å². The number of rotatable bonds is 4. The maximum atomic E-state index is 10.9. The fourth-order valence-electron chi connectivity index (χ4n) is 1.75. The molecule has 0 aliphatic heterocycles. The topological polar surface area (TPSA) is 74.6 Å². The summed E-state index contributed by atoms with van der Waals surface area (Å²) in [6.07, 6.45) is 0.00269. The second-order valence-corrected chi connectivity index (χ2v) is 5.01. The van der Waals surface area contributed by atoms with Crippen LogP contribution in [0.3, 0.4) is 0 Å². The zero-order valence-electron chi connectivity index (χ0n) is 9.95. The number of carbonyl (C=O) groups is 1. The number of carboxylic acid groups (broad SMARTS) is 1. The molecular formula is C14H12O4S. The average Bonchev–Trinajstić information content (AvgIpc) is 2.39. The summed E-state index contributed by atoms with van der Waals surface area (Å²) in [6.45, 7) is 0. The summed E-state index contributed by atoms with van der Waals surface area (Å²) >= 11 is -1.97. The van der Waals surface area contributed by atoms with Crippen LogP contribution in [0.2, 0.25) is 0 Å². The zero-order valence-corrected chi connectivity index (χ0v) is 10.8. The lowest BCUT2D eigenvalue weighted by Gasteiger charge is -2.04. The highest BCUT2D eigenvalue weighted by Gasteiger charge is 2.03. The molecule has 2 aromatic rings. The van der Waals surface area contributed by atoms with Gasteiger partial charge in [0.25, 0.3) is 0 Å². The summed E-state index contributed by atoms with van der Waals surface area (Å²) in [7, 11) is 0. The molecule has 0 aliphatic carbocycles. The molecule has 2 rings (SSSR count). The fourth-order valence-corrected chi connectivity index (χ4v) is 2.12. The Morgan fingerprint density at radius 2 is 1.42 bits per heavy atom. The molecule has 1 unspecified atom stereocenters. The summed E-state index contributed by atoms with van der Waals surface area (Å²) in [4.78, 5) is 10.9. The van der Waals surface area contributed by atoms with Gasteiger partial charge in [-0.15, -0.1) is 0 Å². The predicted octanol–water partition coefficient (Wildman–Crippen LogP) is 2.56. The Kier molecular flexibility index (Phi) is 4.09. The molecule has 2 N–H and O–H groups in total. The largest absolute Gasteiger partial charge is 0.481 e. The molecule has 0 aliphatic rings. The molecule has 0 spiro atoms. The van der Waals surface area contributed by atoms with E-state index in [1.54, 1.807) is 36.4 Å². The van der Waals surface area contributed by atoms with Crippen LogP contribution >= 0.6 is 0 Å². The van der Waals surface area contributed by atoms with Gasteiger partial charge in [0.2, 0.25) is 0 Å². The van der Waals surface area contributed by atoms with Crippen LogP contribution in [0.1, 0.15) is 5.56 Å². The van der Waals surface area contributed by atoms with Crippen molar-refractivity contribution in [2.24, 2.45) is 0 Å². The summed E-state index contributed by atoms with van der Waals surface area (Å²) < 4.78 is 19.8. The standard InChI is InChI=1S/C14H12O4S/c15-14(16)9-10-1-3-11(4-2-10)12-5-7-13(8-6-12)19(17)18/h1-8H,9H2,(H,15,16)(H,17,18). The first-order valence-electron chi connectivity index (χ1n) is 5.58. The maximum Gasteiger partial charge on any atom is 0.307 e. The summed E-state index contributed by atoms with van der Waals surface area (Å²) in [6, 6.07) is 13.9. The molecule has 0 saturated carbocycles. The van der Waals surface area contributed by atoms with Crippen molar-refractivity contribution in [3.63, 3.8) is 0 Å². The number of hydrogen-bond acceptors (Lipinski definition) is 2. The normalized spacial score (nSPS) is 12.1. The van der Waals surface area contributed by atoms with Gasteiger partial charge in [-0.25, -0.2) is 4.21 Å². The van der Waals surface area contributed by atoms with Gasteiger partial charge in [-0.3, -0.25) is 4.79 Å². The Bertz CT molecular complexity index is 602. The SMILES string of the molecule is O=C(O)Cc1ccc(-c2ccc(S(=O)O)cc2)cc1. The molecule has 1 atom stereocenters. The molecule has 19 heavy (non-hydrogen) atoms. The molecular weight excluding hydrogens is 264 g/mol. The molecule has 5 heteroatoms. The Morgan fingerprint density at radius 1 is 0.947 bits per heavy atom. The zero-order chi connectivity index (χ0) is 13.8. The molecule has 0 heterocycles. The van der Waals surface area contributed by atoms with Crippen molar-refractivity contribution >= 4 is 17.0 Å². The van der Waals surface area contributed by atoms with Crippen LogP contribution in [0.4, 0.5) is 0 Å². The Hall–Kier alpha value is -1.98. The number of benzene rings is 2. The summed E-state index contributed by atoms with van der Waals surface area (Å²) in [5.41, 5.74) is 2.59. The van der Waals surface area contributed by atoms with Crippen LogP contribution in [0, 0.1) is 0 Å². The first-order chi connectivity index (χ1) is 9.06. The molecule has 0 radical (unpaired) electrons. The molecule has 0 aromatic heterocycles. The van der Waals surface area contributed by atoms with Crippen molar-refractivity contribution in [2.75, 3.05) is 0 Å². The highest BCUT2D eigenvalue weighted by molar-refractivity contribution is 7.79. The van der Waals surface area contributed by atoms with Crippen molar-refractivity contribution in [3.05, 3.63) is 54.1 Å². The minimum Gasteiger partial charge on any atom is -0.481 e. The third-order valence-corrected chi connectivity index (χ3v) is 3.37. The second kappa shape index (κ2) is 5.77. The van der Waals surface area contributed by atoms with Crippen molar-refractivity contribution in [3.8, 4) is 11.1 Å². The van der Waals surface area contributed by atoms with Crippen molar-refractivity contribution in [1.82, 2.24) is 0 Å². The van der Waals surface area contributed by atoms with Gasteiger partial charge in [-0.2, -0.15) is 0 Å². The molecule has 0 bridgehead atoms. The third-order valence-electron chi connectivity index (χ3n) is 2.70. The quantitative estimate of drug-likeness (QED) is 0.842. The third kappa shape index (κ3) is 3.49. The first kappa shape index (κ1) is 13.5. The van der Waals surface area contributed by atoms with E-state index < -0.39 is 17.0 Å². The predicted molar refractivity (Wildman–Crippen MR) is 72.3 cm³/mol. The second-order valence-electron chi connectivity index (χ2n) is 4.04. The fraction of sp³-hybridized carbons (Fsp3) is 0.0714. The monoisotopic (exact) mass is 276 g/mol. The minimum absolute atomic E-state index is 0.00269. The molecule has 2 aromatic carbocycles. The van der Waals surface area contributed by atoms with E-state index in [2.05, 4.69) is 0 Å². The smallest absolute Gasteiger partial charge is 0.307 e. The molecule has 0 saturated heterocycles. The number of carboxylic acids is 1. The van der Waals surface area contributed by atoms with Crippen LogP contribution in [0.25, 0.3) is 11.1 Å². The van der Waals surface area contributed by atoms with Gasteiger partial charge >= 0.3 is 5.97 Å². The van der Waals surface area contributed by atoms with E-state index in [4.69, 9.17) is 9.66 Å². The van der Waals surface area contributed by atoms with E-state index in [-0.39, 0.29) is 6.42 Å². The number of aliphatic carboxylic acids is 1. The molecule has 98 valence electrons. The highest BCUT2D eigenvalue weighted by atomic mass is 32.2. The van der Waals surface area contributed by atoms with E-state index in [9.17, 15) is 9.00 Å².